The fourth-order valence-electron chi connectivity index (χ4n) is 2.23. The van der Waals surface area contributed by atoms with Crippen LogP contribution in [-0.4, -0.2) is 25.6 Å². The zero-order valence-corrected chi connectivity index (χ0v) is 11.4. The third-order valence-corrected chi connectivity index (χ3v) is 3.36. The van der Waals surface area contributed by atoms with E-state index in [2.05, 4.69) is 6.92 Å². The van der Waals surface area contributed by atoms with Gasteiger partial charge in [0, 0.05) is 18.4 Å². The van der Waals surface area contributed by atoms with Crippen LogP contribution in [0.25, 0.3) is 0 Å². The standard InChI is InChI=1S/C15H20O4/c1-3-12-10-14(8-9-16)19-15(18-12)11-4-6-13(17-2)7-5-11/h4-7,9,12,14-15H,3,8,10H2,1-2H3/t12-,14?,15?/m1/s1. The third-order valence-electron chi connectivity index (χ3n) is 3.36. The minimum absolute atomic E-state index is 0.0525. The molecule has 1 heterocycles. The summed E-state index contributed by atoms with van der Waals surface area (Å²) in [6.07, 6.45) is 2.73. The first kappa shape index (κ1) is 14.0. The molecule has 0 aliphatic carbocycles. The van der Waals surface area contributed by atoms with Crippen molar-refractivity contribution in [3.8, 4) is 5.75 Å². The molecule has 1 aliphatic rings. The summed E-state index contributed by atoms with van der Waals surface area (Å²) < 4.78 is 16.8. The van der Waals surface area contributed by atoms with Gasteiger partial charge in [-0.3, -0.25) is 0 Å². The third kappa shape index (κ3) is 3.55. The van der Waals surface area contributed by atoms with E-state index in [9.17, 15) is 4.79 Å². The van der Waals surface area contributed by atoms with E-state index in [-0.39, 0.29) is 12.2 Å². The van der Waals surface area contributed by atoms with Crippen molar-refractivity contribution >= 4 is 6.29 Å². The highest BCUT2D eigenvalue weighted by Gasteiger charge is 2.29. The van der Waals surface area contributed by atoms with Gasteiger partial charge in [-0.25, -0.2) is 0 Å². The SMILES string of the molecule is CC[C@@H]1CC(CC=O)OC(c2ccc(OC)cc2)O1. The Morgan fingerprint density at radius 3 is 2.53 bits per heavy atom. The number of methoxy groups -OCH3 is 1. The molecule has 0 aromatic heterocycles. The quantitative estimate of drug-likeness (QED) is 0.767. The normalized spacial score (nSPS) is 26.9. The second-order valence-electron chi connectivity index (χ2n) is 4.67. The lowest BCUT2D eigenvalue weighted by atomic mass is 10.0. The van der Waals surface area contributed by atoms with Crippen LogP contribution in [0.15, 0.2) is 24.3 Å². The molecule has 4 nitrogen and oxygen atoms in total. The number of carbonyl (C=O) groups excluding carboxylic acids is 1. The topological polar surface area (TPSA) is 44.8 Å². The van der Waals surface area contributed by atoms with Gasteiger partial charge in [0.05, 0.1) is 19.3 Å². The van der Waals surface area contributed by atoms with Crippen LogP contribution in [0.2, 0.25) is 0 Å². The second kappa shape index (κ2) is 6.68. The maximum absolute atomic E-state index is 10.7. The Labute approximate surface area is 113 Å². The zero-order valence-electron chi connectivity index (χ0n) is 11.4. The number of carbonyl (C=O) groups is 1. The van der Waals surface area contributed by atoms with Crippen molar-refractivity contribution in [2.75, 3.05) is 7.11 Å². The van der Waals surface area contributed by atoms with Crippen molar-refractivity contribution in [3.63, 3.8) is 0 Å². The maximum atomic E-state index is 10.7. The van der Waals surface area contributed by atoms with Crippen LogP contribution in [0.3, 0.4) is 0 Å². The average Bonchev–Trinajstić information content (AvgIpc) is 2.47. The molecule has 104 valence electrons. The first-order valence-electron chi connectivity index (χ1n) is 6.65. The summed E-state index contributed by atoms with van der Waals surface area (Å²) in [6, 6.07) is 7.62. The van der Waals surface area contributed by atoms with E-state index in [1.165, 1.54) is 0 Å². The van der Waals surface area contributed by atoms with Gasteiger partial charge in [-0.15, -0.1) is 0 Å². The molecule has 2 rings (SSSR count). The number of rotatable bonds is 5. The Morgan fingerprint density at radius 1 is 1.26 bits per heavy atom. The second-order valence-corrected chi connectivity index (χ2v) is 4.67. The van der Waals surface area contributed by atoms with E-state index in [1.807, 2.05) is 24.3 Å². The lowest BCUT2D eigenvalue weighted by Gasteiger charge is -2.35. The fraction of sp³-hybridized carbons (Fsp3) is 0.533. The Kier molecular flexibility index (Phi) is 4.93. The lowest BCUT2D eigenvalue weighted by molar-refractivity contribution is -0.247. The van der Waals surface area contributed by atoms with Crippen molar-refractivity contribution in [1.82, 2.24) is 0 Å². The molecule has 1 aliphatic heterocycles. The van der Waals surface area contributed by atoms with E-state index in [0.29, 0.717) is 6.42 Å². The van der Waals surface area contributed by atoms with E-state index >= 15 is 0 Å². The van der Waals surface area contributed by atoms with Crippen LogP contribution >= 0.6 is 0 Å². The van der Waals surface area contributed by atoms with Crippen molar-refractivity contribution in [1.29, 1.82) is 0 Å². The predicted molar refractivity (Wildman–Crippen MR) is 71.1 cm³/mol. The molecule has 1 saturated heterocycles. The summed E-state index contributed by atoms with van der Waals surface area (Å²) in [5, 5.41) is 0. The molecular formula is C15H20O4. The van der Waals surface area contributed by atoms with Crippen molar-refractivity contribution in [3.05, 3.63) is 29.8 Å². The monoisotopic (exact) mass is 264 g/mol. The predicted octanol–water partition coefficient (Wildman–Crippen LogP) is 2.87. The van der Waals surface area contributed by atoms with Gasteiger partial charge < -0.3 is 19.0 Å². The van der Waals surface area contributed by atoms with Gasteiger partial charge in [0.2, 0.25) is 0 Å². The maximum Gasteiger partial charge on any atom is 0.184 e. The molecule has 0 amide bonds. The molecule has 3 atom stereocenters. The van der Waals surface area contributed by atoms with Gasteiger partial charge in [-0.05, 0) is 18.6 Å². The van der Waals surface area contributed by atoms with Crippen LogP contribution in [0.4, 0.5) is 0 Å². The Hall–Kier alpha value is -1.39. The summed E-state index contributed by atoms with van der Waals surface area (Å²) in [5.74, 6) is 0.802. The minimum Gasteiger partial charge on any atom is -0.497 e. The van der Waals surface area contributed by atoms with Gasteiger partial charge in [-0.1, -0.05) is 19.1 Å². The Balaban J connectivity index is 2.09. The highest BCUT2D eigenvalue weighted by molar-refractivity contribution is 5.50. The molecule has 0 saturated carbocycles. The van der Waals surface area contributed by atoms with E-state index in [1.54, 1.807) is 7.11 Å². The van der Waals surface area contributed by atoms with E-state index < -0.39 is 6.29 Å². The molecule has 1 fully saturated rings. The van der Waals surface area contributed by atoms with E-state index in [4.69, 9.17) is 14.2 Å². The van der Waals surface area contributed by atoms with Crippen LogP contribution in [0.1, 0.15) is 38.0 Å². The highest BCUT2D eigenvalue weighted by Crippen LogP contribution is 2.32. The number of aldehydes is 1. The summed E-state index contributed by atoms with van der Waals surface area (Å²) in [5.41, 5.74) is 0.954. The Morgan fingerprint density at radius 2 is 1.95 bits per heavy atom. The van der Waals surface area contributed by atoms with Gasteiger partial charge in [0.15, 0.2) is 6.29 Å². The molecule has 0 N–H and O–H groups in total. The van der Waals surface area contributed by atoms with Crippen molar-refractivity contribution in [2.24, 2.45) is 0 Å². The number of hydrogen-bond donors (Lipinski definition) is 0. The van der Waals surface area contributed by atoms with Gasteiger partial charge in [0.25, 0.3) is 0 Å². The van der Waals surface area contributed by atoms with Crippen molar-refractivity contribution in [2.45, 2.75) is 44.7 Å². The fourth-order valence-corrected chi connectivity index (χ4v) is 2.23. The molecular weight excluding hydrogens is 244 g/mol. The lowest BCUT2D eigenvalue weighted by Crippen LogP contribution is -2.33. The summed E-state index contributed by atoms with van der Waals surface area (Å²) >= 11 is 0. The molecule has 19 heavy (non-hydrogen) atoms. The number of ether oxygens (including phenoxy) is 3. The molecule has 2 unspecified atom stereocenters. The molecule has 4 heteroatoms. The average molecular weight is 264 g/mol. The Bertz CT molecular complexity index is 401. The first-order chi connectivity index (χ1) is 9.26. The molecule has 0 radical (unpaired) electrons. The molecule has 0 bridgehead atoms. The largest absolute Gasteiger partial charge is 0.497 e. The first-order valence-corrected chi connectivity index (χ1v) is 6.65. The smallest absolute Gasteiger partial charge is 0.184 e. The van der Waals surface area contributed by atoms with Crippen LogP contribution < -0.4 is 4.74 Å². The molecule has 1 aromatic rings. The van der Waals surface area contributed by atoms with E-state index in [0.717, 1.165) is 30.4 Å². The van der Waals surface area contributed by atoms with Gasteiger partial charge in [-0.2, -0.15) is 0 Å². The molecule has 0 spiro atoms. The van der Waals surface area contributed by atoms with Crippen LogP contribution in [0.5, 0.6) is 5.75 Å². The zero-order chi connectivity index (χ0) is 13.7. The molecule has 1 aromatic carbocycles. The highest BCUT2D eigenvalue weighted by atomic mass is 16.7. The minimum atomic E-state index is -0.394. The van der Waals surface area contributed by atoms with Crippen LogP contribution in [0, 0.1) is 0 Å². The van der Waals surface area contributed by atoms with Gasteiger partial charge in [0.1, 0.15) is 12.0 Å². The number of hydrogen-bond acceptors (Lipinski definition) is 4. The van der Waals surface area contributed by atoms with Crippen molar-refractivity contribution < 1.29 is 19.0 Å². The summed E-state index contributed by atoms with van der Waals surface area (Å²) in [6.45, 7) is 2.08. The van der Waals surface area contributed by atoms with Crippen LogP contribution in [-0.2, 0) is 14.3 Å². The summed E-state index contributed by atoms with van der Waals surface area (Å²) in [7, 11) is 1.63. The number of benzene rings is 1. The summed E-state index contributed by atoms with van der Waals surface area (Å²) in [4.78, 5) is 10.7. The van der Waals surface area contributed by atoms with Gasteiger partial charge >= 0.3 is 0 Å².